The third kappa shape index (κ3) is 3.71. The quantitative estimate of drug-likeness (QED) is 0.442. The van der Waals surface area contributed by atoms with Crippen molar-refractivity contribution in [2.45, 2.75) is 11.8 Å². The first-order valence-corrected chi connectivity index (χ1v) is 10.4. The number of rotatable bonds is 4. The molecular formula is C23H15Cl2NO2S. The van der Waals surface area contributed by atoms with Crippen LogP contribution in [0.25, 0.3) is 5.57 Å². The summed E-state index contributed by atoms with van der Waals surface area (Å²) in [6, 6.07) is 21.9. The van der Waals surface area contributed by atoms with Gasteiger partial charge in [-0.15, -0.1) is 0 Å². The lowest BCUT2D eigenvalue weighted by Gasteiger charge is -2.17. The summed E-state index contributed by atoms with van der Waals surface area (Å²) in [4.78, 5) is 29.1. The van der Waals surface area contributed by atoms with Crippen molar-refractivity contribution in [1.29, 1.82) is 0 Å². The second-order valence-corrected chi connectivity index (χ2v) is 8.37. The Kier molecular flexibility index (Phi) is 5.50. The van der Waals surface area contributed by atoms with E-state index in [4.69, 9.17) is 23.2 Å². The van der Waals surface area contributed by atoms with Crippen LogP contribution in [0.15, 0.2) is 82.6 Å². The molecule has 3 nitrogen and oxygen atoms in total. The lowest BCUT2D eigenvalue weighted by molar-refractivity contribution is -0.119. The molecular weight excluding hydrogens is 425 g/mol. The summed E-state index contributed by atoms with van der Waals surface area (Å²) in [7, 11) is 0. The van der Waals surface area contributed by atoms with Crippen molar-refractivity contribution in [3.63, 3.8) is 0 Å². The highest BCUT2D eigenvalue weighted by molar-refractivity contribution is 8.04. The van der Waals surface area contributed by atoms with Gasteiger partial charge >= 0.3 is 0 Å². The van der Waals surface area contributed by atoms with Crippen LogP contribution in [-0.2, 0) is 9.59 Å². The fourth-order valence-corrected chi connectivity index (χ4v) is 4.46. The predicted molar refractivity (Wildman–Crippen MR) is 119 cm³/mol. The van der Waals surface area contributed by atoms with Gasteiger partial charge in [0.2, 0.25) is 0 Å². The van der Waals surface area contributed by atoms with Gasteiger partial charge in [-0.3, -0.25) is 9.59 Å². The number of carbonyl (C=O) groups is 2. The highest BCUT2D eigenvalue weighted by Gasteiger charge is 2.41. The SMILES string of the molecule is Cc1ccc(C2=C(Sc3ccccc3)C(=O)N(c3cccc(Cl)c3Cl)C2=O)cc1. The molecule has 0 aliphatic carbocycles. The van der Waals surface area contributed by atoms with Gasteiger partial charge in [0.1, 0.15) is 0 Å². The summed E-state index contributed by atoms with van der Waals surface area (Å²) in [5.41, 5.74) is 2.40. The normalized spacial score (nSPS) is 14.1. The van der Waals surface area contributed by atoms with Crippen LogP contribution < -0.4 is 4.90 Å². The molecule has 2 amide bonds. The van der Waals surface area contributed by atoms with E-state index in [0.29, 0.717) is 16.0 Å². The number of anilines is 1. The first kappa shape index (κ1) is 19.8. The van der Waals surface area contributed by atoms with E-state index in [1.165, 1.54) is 11.8 Å². The van der Waals surface area contributed by atoms with Gasteiger partial charge in [-0.25, -0.2) is 4.90 Å². The number of nitrogens with zero attached hydrogens (tertiary/aromatic N) is 1. The van der Waals surface area contributed by atoms with Gasteiger partial charge in [-0.2, -0.15) is 0 Å². The number of benzene rings is 3. The van der Waals surface area contributed by atoms with Crippen LogP contribution in [0.5, 0.6) is 0 Å². The standard InChI is InChI=1S/C23H15Cl2NO2S/c1-14-10-12-15(13-11-14)19-21(29-16-6-3-2-4-7-16)23(28)26(22(19)27)18-9-5-8-17(24)20(18)25/h2-13H,1H3. The molecule has 0 atom stereocenters. The number of carbonyl (C=O) groups excluding carboxylic acids is 2. The lowest BCUT2D eigenvalue weighted by Crippen LogP contribution is -2.31. The topological polar surface area (TPSA) is 37.4 Å². The van der Waals surface area contributed by atoms with Gasteiger partial charge in [0.25, 0.3) is 11.8 Å². The molecule has 144 valence electrons. The number of halogens is 2. The zero-order chi connectivity index (χ0) is 20.5. The maximum Gasteiger partial charge on any atom is 0.272 e. The minimum Gasteiger partial charge on any atom is -0.268 e. The second-order valence-electron chi connectivity index (χ2n) is 6.50. The lowest BCUT2D eigenvalue weighted by atomic mass is 10.0. The van der Waals surface area contributed by atoms with Gasteiger partial charge in [-0.1, -0.05) is 89.1 Å². The highest BCUT2D eigenvalue weighted by Crippen LogP contribution is 2.43. The highest BCUT2D eigenvalue weighted by atomic mass is 35.5. The Morgan fingerprint density at radius 3 is 2.17 bits per heavy atom. The third-order valence-electron chi connectivity index (χ3n) is 4.52. The van der Waals surface area contributed by atoms with Gasteiger partial charge < -0.3 is 0 Å². The summed E-state index contributed by atoms with van der Waals surface area (Å²) in [5, 5.41) is 0.455. The van der Waals surface area contributed by atoms with Gasteiger partial charge in [-0.05, 0) is 36.8 Å². The number of hydrogen-bond acceptors (Lipinski definition) is 3. The molecule has 4 rings (SSSR count). The minimum atomic E-state index is -0.415. The molecule has 0 bridgehead atoms. The third-order valence-corrected chi connectivity index (χ3v) is 6.42. The van der Waals surface area contributed by atoms with Crippen LogP contribution >= 0.6 is 35.0 Å². The summed E-state index contributed by atoms with van der Waals surface area (Å²) in [5.74, 6) is -0.829. The molecule has 0 saturated carbocycles. The van der Waals surface area contributed by atoms with Crippen molar-refractivity contribution >= 4 is 58.0 Å². The first-order valence-electron chi connectivity index (χ1n) is 8.84. The van der Waals surface area contributed by atoms with Crippen molar-refractivity contribution < 1.29 is 9.59 Å². The first-order chi connectivity index (χ1) is 14.0. The van der Waals surface area contributed by atoms with Crippen molar-refractivity contribution in [1.82, 2.24) is 0 Å². The molecule has 3 aromatic rings. The minimum absolute atomic E-state index is 0.171. The molecule has 1 aliphatic heterocycles. The van der Waals surface area contributed by atoms with E-state index >= 15 is 0 Å². The molecule has 0 spiro atoms. The Hall–Kier alpha value is -2.53. The van der Waals surface area contributed by atoms with Gasteiger partial charge in [0.15, 0.2) is 0 Å². The average Bonchev–Trinajstić information content (AvgIpc) is 2.96. The molecule has 3 aromatic carbocycles. The monoisotopic (exact) mass is 439 g/mol. The maximum absolute atomic E-state index is 13.4. The van der Waals surface area contributed by atoms with E-state index in [2.05, 4.69) is 0 Å². The largest absolute Gasteiger partial charge is 0.272 e. The van der Waals surface area contributed by atoms with E-state index in [0.717, 1.165) is 15.4 Å². The Morgan fingerprint density at radius 1 is 0.793 bits per heavy atom. The zero-order valence-corrected chi connectivity index (χ0v) is 17.7. The van der Waals surface area contributed by atoms with Crippen LogP contribution in [0.3, 0.4) is 0 Å². The molecule has 0 unspecified atom stereocenters. The van der Waals surface area contributed by atoms with Crippen molar-refractivity contribution in [2.24, 2.45) is 0 Å². The summed E-state index contributed by atoms with van der Waals surface area (Å²) >= 11 is 13.7. The molecule has 0 N–H and O–H groups in total. The van der Waals surface area contributed by atoms with E-state index in [9.17, 15) is 9.59 Å². The summed E-state index contributed by atoms with van der Waals surface area (Å²) in [6.45, 7) is 1.97. The average molecular weight is 440 g/mol. The van der Waals surface area contributed by atoms with Gasteiger partial charge in [0, 0.05) is 4.90 Å². The van der Waals surface area contributed by atoms with E-state index in [-0.39, 0.29) is 15.7 Å². The fraction of sp³-hybridized carbons (Fsp3) is 0.0435. The Balaban J connectivity index is 1.85. The number of imide groups is 1. The molecule has 0 radical (unpaired) electrons. The molecule has 29 heavy (non-hydrogen) atoms. The van der Waals surface area contributed by atoms with Crippen LogP contribution in [0.4, 0.5) is 5.69 Å². The predicted octanol–water partition coefficient (Wildman–Crippen LogP) is 6.38. The maximum atomic E-state index is 13.4. The van der Waals surface area contributed by atoms with Crippen molar-refractivity contribution in [2.75, 3.05) is 4.90 Å². The van der Waals surface area contributed by atoms with Crippen LogP contribution in [0, 0.1) is 6.92 Å². The summed E-state index contributed by atoms with van der Waals surface area (Å²) in [6.07, 6.45) is 0. The number of amides is 2. The molecule has 1 aliphatic rings. The number of aryl methyl sites for hydroxylation is 1. The van der Waals surface area contributed by atoms with Crippen molar-refractivity contribution in [3.05, 3.63) is 98.9 Å². The number of hydrogen-bond donors (Lipinski definition) is 0. The Bertz CT molecular complexity index is 1140. The van der Waals surface area contributed by atoms with E-state index < -0.39 is 11.8 Å². The second kappa shape index (κ2) is 8.07. The van der Waals surface area contributed by atoms with Gasteiger partial charge in [0.05, 0.1) is 26.2 Å². The molecule has 1 heterocycles. The summed E-state index contributed by atoms with van der Waals surface area (Å²) < 4.78 is 0. The Labute approximate surface area is 182 Å². The molecule has 6 heteroatoms. The van der Waals surface area contributed by atoms with Crippen LogP contribution in [0.1, 0.15) is 11.1 Å². The van der Waals surface area contributed by atoms with Crippen molar-refractivity contribution in [3.8, 4) is 0 Å². The molecule has 0 aromatic heterocycles. The molecule has 0 saturated heterocycles. The van der Waals surface area contributed by atoms with Crippen LogP contribution in [-0.4, -0.2) is 11.8 Å². The Morgan fingerprint density at radius 2 is 1.48 bits per heavy atom. The zero-order valence-electron chi connectivity index (χ0n) is 15.4. The van der Waals surface area contributed by atoms with Crippen LogP contribution in [0.2, 0.25) is 10.0 Å². The smallest absolute Gasteiger partial charge is 0.268 e. The molecule has 0 fully saturated rings. The van der Waals surface area contributed by atoms with E-state index in [1.54, 1.807) is 18.2 Å². The number of thioether (sulfide) groups is 1. The van der Waals surface area contributed by atoms with E-state index in [1.807, 2.05) is 61.5 Å². The fourth-order valence-electron chi connectivity index (χ4n) is 3.07.